The molecule has 1 fully saturated rings. The van der Waals surface area contributed by atoms with Crippen molar-refractivity contribution >= 4 is 11.6 Å². The van der Waals surface area contributed by atoms with Crippen LogP contribution in [0, 0.1) is 11.8 Å². The van der Waals surface area contributed by atoms with Crippen LogP contribution in [0.25, 0.3) is 0 Å². The fourth-order valence-electron chi connectivity index (χ4n) is 3.71. The third-order valence-corrected chi connectivity index (χ3v) is 5.38. The highest BCUT2D eigenvalue weighted by atomic mass is 35.5. The number of hydrogen-bond donors (Lipinski definition) is 0. The van der Waals surface area contributed by atoms with Crippen LogP contribution in [0.2, 0.25) is 0 Å². The van der Waals surface area contributed by atoms with E-state index in [-0.39, 0.29) is 10.8 Å². The summed E-state index contributed by atoms with van der Waals surface area (Å²) >= 11 is 6.70. The molecule has 1 heterocycles. The van der Waals surface area contributed by atoms with Crippen molar-refractivity contribution in [3.05, 3.63) is 11.9 Å². The number of ether oxygens (including phenoxy) is 1. The van der Waals surface area contributed by atoms with Gasteiger partial charge >= 0.3 is 0 Å². The lowest BCUT2D eigenvalue weighted by molar-refractivity contribution is 0.195. The molecule has 1 saturated carbocycles. The van der Waals surface area contributed by atoms with E-state index in [4.69, 9.17) is 16.3 Å². The Morgan fingerprint density at radius 3 is 2.70 bits per heavy atom. The van der Waals surface area contributed by atoms with Gasteiger partial charge in [-0.1, -0.05) is 27.2 Å². The van der Waals surface area contributed by atoms with E-state index in [9.17, 15) is 0 Å². The Hall–Kier alpha value is -0.700. The first-order valence-corrected chi connectivity index (χ1v) is 8.09. The summed E-state index contributed by atoms with van der Waals surface area (Å²) in [4.78, 5) is 0. The van der Waals surface area contributed by atoms with Gasteiger partial charge in [-0.3, -0.25) is 4.68 Å². The molecule has 0 saturated heterocycles. The van der Waals surface area contributed by atoms with Gasteiger partial charge in [0.1, 0.15) is 0 Å². The van der Waals surface area contributed by atoms with Crippen LogP contribution in [0.1, 0.15) is 52.7 Å². The first-order chi connectivity index (χ1) is 9.41. The molecule has 1 aliphatic carbocycles. The highest BCUT2D eigenvalue weighted by Gasteiger charge is 2.42. The van der Waals surface area contributed by atoms with E-state index in [2.05, 4.69) is 37.5 Å². The number of aryl methyl sites for hydroxylation is 1. The van der Waals surface area contributed by atoms with Gasteiger partial charge in [0.25, 0.3) is 0 Å². The Morgan fingerprint density at radius 2 is 2.15 bits per heavy atom. The zero-order valence-corrected chi connectivity index (χ0v) is 14.1. The third-order valence-electron chi connectivity index (χ3n) is 4.90. The maximum Gasteiger partial charge on any atom is 0.160 e. The minimum atomic E-state index is -0.0234. The molecule has 114 valence electrons. The summed E-state index contributed by atoms with van der Waals surface area (Å²) in [6, 6.07) is 0. The van der Waals surface area contributed by atoms with Crippen molar-refractivity contribution < 1.29 is 4.74 Å². The molecule has 3 unspecified atom stereocenters. The van der Waals surface area contributed by atoms with Gasteiger partial charge in [0.2, 0.25) is 0 Å². The molecule has 0 aliphatic heterocycles. The molecule has 0 aromatic carbocycles. The zero-order valence-electron chi connectivity index (χ0n) is 13.3. The third kappa shape index (κ3) is 2.69. The smallest absolute Gasteiger partial charge is 0.160 e. The van der Waals surface area contributed by atoms with E-state index in [1.54, 1.807) is 7.11 Å². The minimum absolute atomic E-state index is 0.0234. The normalized spacial score (nSPS) is 27.6. The van der Waals surface area contributed by atoms with Crippen molar-refractivity contribution in [2.75, 3.05) is 7.11 Å². The number of aromatic nitrogens is 2. The second-order valence-electron chi connectivity index (χ2n) is 6.64. The Balaban J connectivity index is 2.36. The standard InChI is InChI=1S/C16H27ClN2O/c1-6-19-15(14(20-5)10-18-19)16(3,4)12-8-7-11(2)9-13(12)17/h10-13H,6-9H2,1-5H3. The quantitative estimate of drug-likeness (QED) is 0.778. The van der Waals surface area contributed by atoms with Crippen LogP contribution in [0.15, 0.2) is 6.20 Å². The molecular weight excluding hydrogens is 272 g/mol. The van der Waals surface area contributed by atoms with Crippen LogP contribution in [-0.4, -0.2) is 22.3 Å². The van der Waals surface area contributed by atoms with E-state index in [1.165, 1.54) is 18.5 Å². The van der Waals surface area contributed by atoms with Crippen LogP contribution in [0.4, 0.5) is 0 Å². The van der Waals surface area contributed by atoms with Crippen LogP contribution < -0.4 is 4.74 Å². The fourth-order valence-corrected chi connectivity index (χ4v) is 4.45. The van der Waals surface area contributed by atoms with Crippen molar-refractivity contribution in [3.63, 3.8) is 0 Å². The second-order valence-corrected chi connectivity index (χ2v) is 7.20. The van der Waals surface area contributed by atoms with Gasteiger partial charge in [0, 0.05) is 17.3 Å². The van der Waals surface area contributed by atoms with Gasteiger partial charge < -0.3 is 4.74 Å². The first-order valence-electron chi connectivity index (χ1n) is 7.66. The predicted molar refractivity (Wildman–Crippen MR) is 83.6 cm³/mol. The molecule has 0 N–H and O–H groups in total. The summed E-state index contributed by atoms with van der Waals surface area (Å²) in [6.45, 7) is 9.85. The van der Waals surface area contributed by atoms with E-state index in [0.717, 1.165) is 24.6 Å². The van der Waals surface area contributed by atoms with Crippen LogP contribution >= 0.6 is 11.6 Å². The van der Waals surface area contributed by atoms with E-state index >= 15 is 0 Å². The van der Waals surface area contributed by atoms with Gasteiger partial charge in [0.05, 0.1) is 19.0 Å². The van der Waals surface area contributed by atoms with Crippen LogP contribution in [-0.2, 0) is 12.0 Å². The lowest BCUT2D eigenvalue weighted by Crippen LogP contribution is -2.40. The predicted octanol–water partition coefficient (Wildman–Crippen LogP) is 4.23. The van der Waals surface area contributed by atoms with Gasteiger partial charge in [-0.05, 0) is 31.6 Å². The van der Waals surface area contributed by atoms with E-state index < -0.39 is 0 Å². The molecule has 20 heavy (non-hydrogen) atoms. The van der Waals surface area contributed by atoms with Gasteiger partial charge in [0.15, 0.2) is 5.75 Å². The van der Waals surface area contributed by atoms with Crippen LogP contribution in [0.5, 0.6) is 5.75 Å². The van der Waals surface area contributed by atoms with Crippen molar-refractivity contribution in [2.45, 2.75) is 64.3 Å². The van der Waals surface area contributed by atoms with Gasteiger partial charge in [-0.25, -0.2) is 0 Å². The largest absolute Gasteiger partial charge is 0.493 e. The summed E-state index contributed by atoms with van der Waals surface area (Å²) in [7, 11) is 1.72. The lowest BCUT2D eigenvalue weighted by atomic mass is 9.67. The average Bonchev–Trinajstić information content (AvgIpc) is 2.81. The highest BCUT2D eigenvalue weighted by molar-refractivity contribution is 6.20. The lowest BCUT2D eigenvalue weighted by Gasteiger charge is -2.42. The van der Waals surface area contributed by atoms with Gasteiger partial charge in [-0.2, -0.15) is 5.10 Å². The molecule has 3 nitrogen and oxygen atoms in total. The molecular formula is C16H27ClN2O. The Morgan fingerprint density at radius 1 is 1.45 bits per heavy atom. The summed E-state index contributed by atoms with van der Waals surface area (Å²) < 4.78 is 7.59. The number of methoxy groups -OCH3 is 1. The van der Waals surface area contributed by atoms with Crippen molar-refractivity contribution in [3.8, 4) is 5.75 Å². The molecule has 0 amide bonds. The zero-order chi connectivity index (χ0) is 14.9. The molecule has 0 radical (unpaired) electrons. The summed E-state index contributed by atoms with van der Waals surface area (Å²) in [5, 5.41) is 4.69. The molecule has 1 aliphatic rings. The summed E-state index contributed by atoms with van der Waals surface area (Å²) in [5.41, 5.74) is 1.16. The highest BCUT2D eigenvalue weighted by Crippen LogP contribution is 2.46. The Labute approximate surface area is 127 Å². The minimum Gasteiger partial charge on any atom is -0.493 e. The second kappa shape index (κ2) is 5.97. The average molecular weight is 299 g/mol. The maximum atomic E-state index is 6.70. The molecule has 1 aromatic heterocycles. The summed E-state index contributed by atoms with van der Waals surface area (Å²) in [5.74, 6) is 2.10. The number of rotatable bonds is 4. The number of hydrogen-bond acceptors (Lipinski definition) is 2. The van der Waals surface area contributed by atoms with E-state index in [0.29, 0.717) is 5.92 Å². The molecule has 0 bridgehead atoms. The maximum absolute atomic E-state index is 6.70. The molecule has 1 aromatic rings. The van der Waals surface area contributed by atoms with Crippen molar-refractivity contribution in [1.29, 1.82) is 0 Å². The number of halogens is 1. The topological polar surface area (TPSA) is 27.1 Å². The molecule has 4 heteroatoms. The van der Waals surface area contributed by atoms with Crippen LogP contribution in [0.3, 0.4) is 0 Å². The SMILES string of the molecule is CCn1ncc(OC)c1C(C)(C)C1CCC(C)CC1Cl. The van der Waals surface area contributed by atoms with Crippen molar-refractivity contribution in [2.24, 2.45) is 11.8 Å². The monoisotopic (exact) mass is 298 g/mol. The number of nitrogens with zero attached hydrogens (tertiary/aromatic N) is 2. The molecule has 0 spiro atoms. The Bertz CT molecular complexity index is 434. The van der Waals surface area contributed by atoms with Gasteiger partial charge in [-0.15, -0.1) is 11.6 Å². The molecule has 3 atom stereocenters. The Kier molecular flexibility index (Phi) is 4.68. The fraction of sp³-hybridized carbons (Fsp3) is 0.812. The van der Waals surface area contributed by atoms with E-state index in [1.807, 2.05) is 6.20 Å². The van der Waals surface area contributed by atoms with Crippen molar-refractivity contribution in [1.82, 2.24) is 9.78 Å². The first kappa shape index (κ1) is 15.7. The summed E-state index contributed by atoms with van der Waals surface area (Å²) in [6.07, 6.45) is 5.38. The number of alkyl halides is 1. The molecule has 2 rings (SSSR count).